The van der Waals surface area contributed by atoms with Crippen molar-refractivity contribution in [2.24, 2.45) is 11.1 Å². The minimum atomic E-state index is -3.42. The maximum absolute atomic E-state index is 12.6. The van der Waals surface area contributed by atoms with Gasteiger partial charge in [-0.05, 0) is 24.0 Å². The molecule has 0 amide bonds. The molecule has 0 aliphatic carbocycles. The first-order valence-electron chi connectivity index (χ1n) is 7.00. The molecule has 0 aliphatic rings. The fraction of sp³-hybridized carbons (Fsp3) is 0.533. The summed E-state index contributed by atoms with van der Waals surface area (Å²) in [6.45, 7) is 6.26. The number of nitrogens with two attached hydrogens (primary N) is 1. The zero-order chi connectivity index (χ0) is 16.1. The molecule has 0 atom stereocenters. The quantitative estimate of drug-likeness (QED) is 0.599. The minimum Gasteiger partial charge on any atom is -0.388 e. The molecule has 0 saturated heterocycles. The van der Waals surface area contributed by atoms with Crippen molar-refractivity contribution < 1.29 is 8.42 Å². The van der Waals surface area contributed by atoms with Crippen molar-refractivity contribution in [3.05, 3.63) is 30.3 Å². The molecule has 1 aromatic carbocycles. The highest BCUT2D eigenvalue weighted by atomic mass is 32.2. The Morgan fingerprint density at radius 1 is 1.24 bits per heavy atom. The summed E-state index contributed by atoms with van der Waals surface area (Å²) in [5.41, 5.74) is 5.94. The summed E-state index contributed by atoms with van der Waals surface area (Å²) < 4.78 is 26.6. The van der Waals surface area contributed by atoms with Gasteiger partial charge in [-0.1, -0.05) is 39.0 Å². The second-order valence-electron chi connectivity index (χ2n) is 6.31. The van der Waals surface area contributed by atoms with Crippen LogP contribution in [0.3, 0.4) is 0 Å². The van der Waals surface area contributed by atoms with E-state index in [-0.39, 0.29) is 30.0 Å². The summed E-state index contributed by atoms with van der Waals surface area (Å²) >= 11 is 0. The third-order valence-corrected chi connectivity index (χ3v) is 4.86. The topological polar surface area (TPSA) is 87.2 Å². The van der Waals surface area contributed by atoms with Crippen molar-refractivity contribution in [3.63, 3.8) is 0 Å². The Balaban J connectivity index is 2.97. The van der Waals surface area contributed by atoms with Crippen LogP contribution in [-0.2, 0) is 10.0 Å². The molecule has 1 aromatic rings. The summed E-state index contributed by atoms with van der Waals surface area (Å²) in [7, 11) is -3.42. The first-order chi connectivity index (χ1) is 9.62. The van der Waals surface area contributed by atoms with E-state index in [1.54, 1.807) is 24.3 Å². The van der Waals surface area contributed by atoms with Crippen LogP contribution in [0.5, 0.6) is 0 Å². The summed E-state index contributed by atoms with van der Waals surface area (Å²) in [5, 5.41) is 7.31. The normalized spacial score (nSPS) is 12.1. The number of amidine groups is 1. The lowest BCUT2D eigenvalue weighted by molar-refractivity contribution is 0.397. The van der Waals surface area contributed by atoms with Crippen LogP contribution in [0.1, 0.15) is 33.6 Å². The number of nitrogens with one attached hydrogen (secondary N) is 1. The number of hydrogen-bond acceptors (Lipinski definition) is 3. The van der Waals surface area contributed by atoms with Gasteiger partial charge in [0.25, 0.3) is 0 Å². The van der Waals surface area contributed by atoms with E-state index in [0.717, 1.165) is 0 Å². The number of anilines is 1. The zero-order valence-corrected chi connectivity index (χ0v) is 13.8. The standard InChI is InChI=1S/C15H25N3O2S/c1-15(2,3)10-12-21(19,20)18(11-9-14(16)17)13-7-5-4-6-8-13/h4-8H,9-12H2,1-3H3,(H3,16,17). The molecule has 3 N–H and O–H groups in total. The summed E-state index contributed by atoms with van der Waals surface area (Å²) in [4.78, 5) is 0. The van der Waals surface area contributed by atoms with Crippen LogP contribution in [0, 0.1) is 10.8 Å². The van der Waals surface area contributed by atoms with Gasteiger partial charge in [0.05, 0.1) is 17.3 Å². The average Bonchev–Trinajstić information content (AvgIpc) is 2.37. The summed E-state index contributed by atoms with van der Waals surface area (Å²) in [5.74, 6) is 0.0745. The number of rotatable bonds is 7. The van der Waals surface area contributed by atoms with Crippen LogP contribution in [-0.4, -0.2) is 26.6 Å². The van der Waals surface area contributed by atoms with Crippen molar-refractivity contribution >= 4 is 21.5 Å². The fourth-order valence-electron chi connectivity index (χ4n) is 1.79. The van der Waals surface area contributed by atoms with Gasteiger partial charge in [-0.15, -0.1) is 0 Å². The number of sulfonamides is 1. The minimum absolute atomic E-state index is 0.0121. The van der Waals surface area contributed by atoms with Gasteiger partial charge in [0.2, 0.25) is 10.0 Å². The van der Waals surface area contributed by atoms with Crippen LogP contribution in [0.2, 0.25) is 0 Å². The smallest absolute Gasteiger partial charge is 0.235 e. The van der Waals surface area contributed by atoms with Crippen molar-refractivity contribution in [1.29, 1.82) is 5.41 Å². The third kappa shape index (κ3) is 6.16. The Kier molecular flexibility index (Phi) is 5.78. The van der Waals surface area contributed by atoms with Crippen molar-refractivity contribution in [2.45, 2.75) is 33.6 Å². The largest absolute Gasteiger partial charge is 0.388 e. The van der Waals surface area contributed by atoms with Crippen molar-refractivity contribution in [3.8, 4) is 0 Å². The monoisotopic (exact) mass is 311 g/mol. The second kappa shape index (κ2) is 6.93. The first-order valence-corrected chi connectivity index (χ1v) is 8.61. The van der Waals surface area contributed by atoms with Crippen LogP contribution in [0.15, 0.2) is 30.3 Å². The Hall–Kier alpha value is -1.56. The van der Waals surface area contributed by atoms with E-state index in [1.165, 1.54) is 4.31 Å². The Morgan fingerprint density at radius 3 is 2.29 bits per heavy atom. The zero-order valence-electron chi connectivity index (χ0n) is 13.0. The Morgan fingerprint density at radius 2 is 1.81 bits per heavy atom. The molecular weight excluding hydrogens is 286 g/mol. The molecular formula is C15H25N3O2S. The molecule has 6 heteroatoms. The maximum atomic E-state index is 12.6. The Bertz CT molecular complexity index is 562. The van der Waals surface area contributed by atoms with E-state index in [4.69, 9.17) is 11.1 Å². The number of benzene rings is 1. The molecule has 0 unspecified atom stereocenters. The van der Waals surface area contributed by atoms with E-state index in [2.05, 4.69) is 0 Å². The van der Waals surface area contributed by atoms with Crippen molar-refractivity contribution in [2.75, 3.05) is 16.6 Å². The van der Waals surface area contributed by atoms with E-state index in [1.807, 2.05) is 26.8 Å². The summed E-state index contributed by atoms with van der Waals surface area (Å²) in [6.07, 6.45) is 0.808. The molecule has 0 radical (unpaired) electrons. The molecule has 0 fully saturated rings. The summed E-state index contributed by atoms with van der Waals surface area (Å²) in [6, 6.07) is 8.96. The van der Waals surface area contributed by atoms with Crippen LogP contribution >= 0.6 is 0 Å². The van der Waals surface area contributed by atoms with E-state index in [9.17, 15) is 8.42 Å². The highest BCUT2D eigenvalue weighted by Crippen LogP contribution is 2.23. The van der Waals surface area contributed by atoms with Crippen LogP contribution < -0.4 is 10.0 Å². The third-order valence-electron chi connectivity index (χ3n) is 3.07. The van der Waals surface area contributed by atoms with Gasteiger partial charge in [-0.3, -0.25) is 9.71 Å². The molecule has 0 bridgehead atoms. The van der Waals surface area contributed by atoms with Gasteiger partial charge in [0, 0.05) is 13.0 Å². The Labute approximate surface area is 127 Å². The highest BCUT2D eigenvalue weighted by Gasteiger charge is 2.24. The SMILES string of the molecule is CC(C)(C)CCS(=O)(=O)N(CCC(=N)N)c1ccccc1. The lowest BCUT2D eigenvalue weighted by Gasteiger charge is -2.26. The maximum Gasteiger partial charge on any atom is 0.235 e. The predicted molar refractivity (Wildman–Crippen MR) is 88.2 cm³/mol. The molecule has 0 aliphatic heterocycles. The molecule has 1 rings (SSSR count). The van der Waals surface area contributed by atoms with E-state index >= 15 is 0 Å². The van der Waals surface area contributed by atoms with Gasteiger partial charge in [-0.25, -0.2) is 8.42 Å². The highest BCUT2D eigenvalue weighted by molar-refractivity contribution is 7.92. The van der Waals surface area contributed by atoms with Crippen LogP contribution in [0.4, 0.5) is 5.69 Å². The fourth-order valence-corrected chi connectivity index (χ4v) is 3.69. The first kappa shape index (κ1) is 17.5. The van der Waals surface area contributed by atoms with Crippen molar-refractivity contribution in [1.82, 2.24) is 0 Å². The number of para-hydroxylation sites is 1. The lowest BCUT2D eigenvalue weighted by atomic mass is 9.94. The van der Waals surface area contributed by atoms with Gasteiger partial charge in [0.15, 0.2) is 0 Å². The van der Waals surface area contributed by atoms with Gasteiger partial charge in [-0.2, -0.15) is 0 Å². The van der Waals surface area contributed by atoms with E-state index < -0.39 is 10.0 Å². The number of hydrogen-bond donors (Lipinski definition) is 2. The van der Waals surface area contributed by atoms with Gasteiger partial charge in [0.1, 0.15) is 0 Å². The van der Waals surface area contributed by atoms with E-state index in [0.29, 0.717) is 12.1 Å². The number of nitrogens with zero attached hydrogens (tertiary/aromatic N) is 1. The lowest BCUT2D eigenvalue weighted by Crippen LogP contribution is -2.36. The van der Waals surface area contributed by atoms with Crippen LogP contribution in [0.25, 0.3) is 0 Å². The molecule has 0 aromatic heterocycles. The molecule has 118 valence electrons. The second-order valence-corrected chi connectivity index (χ2v) is 8.32. The van der Waals surface area contributed by atoms with Gasteiger partial charge >= 0.3 is 0 Å². The van der Waals surface area contributed by atoms with Gasteiger partial charge < -0.3 is 5.73 Å². The molecule has 0 saturated carbocycles. The molecule has 0 heterocycles. The molecule has 0 spiro atoms. The molecule has 5 nitrogen and oxygen atoms in total. The average molecular weight is 311 g/mol. The molecule has 21 heavy (non-hydrogen) atoms. The predicted octanol–water partition coefficient (Wildman–Crippen LogP) is 2.59.